The standard InChI is InChI=1S/C16H20FN3O/c1-2-7-19-8-6-12(9-19)10-20-11-18-15-13(16(20)21)4-3-5-14(15)17/h3-5,11-12H,2,6-10H2,1H3/t12-/m0/s1. The maximum atomic E-state index is 13.6. The van der Waals surface area contributed by atoms with Gasteiger partial charge in [0, 0.05) is 13.1 Å². The number of fused-ring (bicyclic) bond motifs is 1. The monoisotopic (exact) mass is 289 g/mol. The highest BCUT2D eigenvalue weighted by Gasteiger charge is 2.22. The zero-order valence-electron chi connectivity index (χ0n) is 12.3. The van der Waals surface area contributed by atoms with Gasteiger partial charge in [0.05, 0.1) is 11.7 Å². The van der Waals surface area contributed by atoms with E-state index in [1.807, 2.05) is 0 Å². The molecule has 0 amide bonds. The topological polar surface area (TPSA) is 38.1 Å². The van der Waals surface area contributed by atoms with Crippen molar-refractivity contribution in [2.75, 3.05) is 19.6 Å². The van der Waals surface area contributed by atoms with Crippen molar-refractivity contribution < 1.29 is 4.39 Å². The van der Waals surface area contributed by atoms with E-state index in [0.29, 0.717) is 17.8 Å². The van der Waals surface area contributed by atoms with Crippen LogP contribution in [0.5, 0.6) is 0 Å². The molecule has 1 atom stereocenters. The summed E-state index contributed by atoms with van der Waals surface area (Å²) in [6.07, 6.45) is 3.74. The summed E-state index contributed by atoms with van der Waals surface area (Å²) in [5.74, 6) is 0.0359. The Morgan fingerprint density at radius 3 is 3.10 bits per heavy atom. The van der Waals surface area contributed by atoms with Crippen molar-refractivity contribution in [1.29, 1.82) is 0 Å². The van der Waals surface area contributed by atoms with Crippen molar-refractivity contribution in [2.45, 2.75) is 26.3 Å². The first kappa shape index (κ1) is 14.2. The number of halogens is 1. The molecule has 1 aromatic heterocycles. The molecule has 1 aliphatic heterocycles. The van der Waals surface area contributed by atoms with Gasteiger partial charge in [-0.25, -0.2) is 9.37 Å². The fourth-order valence-electron chi connectivity index (χ4n) is 3.14. The van der Waals surface area contributed by atoms with Crippen LogP contribution in [0, 0.1) is 11.7 Å². The molecule has 0 radical (unpaired) electrons. The van der Waals surface area contributed by atoms with Gasteiger partial charge in [-0.15, -0.1) is 0 Å². The lowest BCUT2D eigenvalue weighted by Gasteiger charge is -2.15. The molecule has 3 rings (SSSR count). The van der Waals surface area contributed by atoms with E-state index in [1.165, 1.54) is 12.4 Å². The minimum absolute atomic E-state index is 0.145. The maximum absolute atomic E-state index is 13.6. The summed E-state index contributed by atoms with van der Waals surface area (Å²) in [7, 11) is 0. The smallest absolute Gasteiger partial charge is 0.261 e. The Morgan fingerprint density at radius 1 is 1.43 bits per heavy atom. The lowest BCUT2D eigenvalue weighted by atomic mass is 10.1. The van der Waals surface area contributed by atoms with Gasteiger partial charge in [-0.05, 0) is 44.0 Å². The van der Waals surface area contributed by atoms with E-state index in [1.54, 1.807) is 16.7 Å². The minimum atomic E-state index is -0.438. The van der Waals surface area contributed by atoms with Gasteiger partial charge in [-0.3, -0.25) is 9.36 Å². The predicted molar refractivity (Wildman–Crippen MR) is 80.8 cm³/mol. The molecule has 0 N–H and O–H groups in total. The van der Waals surface area contributed by atoms with E-state index in [4.69, 9.17) is 0 Å². The van der Waals surface area contributed by atoms with E-state index >= 15 is 0 Å². The van der Waals surface area contributed by atoms with Gasteiger partial charge < -0.3 is 4.90 Å². The number of hydrogen-bond acceptors (Lipinski definition) is 3. The molecule has 21 heavy (non-hydrogen) atoms. The molecule has 112 valence electrons. The van der Waals surface area contributed by atoms with Crippen molar-refractivity contribution in [2.24, 2.45) is 5.92 Å². The second kappa shape index (κ2) is 5.93. The number of benzene rings is 1. The average molecular weight is 289 g/mol. The summed E-state index contributed by atoms with van der Waals surface area (Å²) in [4.78, 5) is 19.0. The molecule has 0 aliphatic carbocycles. The van der Waals surface area contributed by atoms with Crippen LogP contribution in [0.25, 0.3) is 10.9 Å². The number of hydrogen-bond donors (Lipinski definition) is 0. The molecule has 1 aliphatic rings. The van der Waals surface area contributed by atoms with E-state index < -0.39 is 5.82 Å². The third-order valence-electron chi connectivity index (χ3n) is 4.17. The Morgan fingerprint density at radius 2 is 2.29 bits per heavy atom. The molecule has 2 aromatic rings. The summed E-state index contributed by atoms with van der Waals surface area (Å²) in [5, 5.41) is 0.362. The highest BCUT2D eigenvalue weighted by molar-refractivity contribution is 5.77. The third-order valence-corrected chi connectivity index (χ3v) is 4.17. The van der Waals surface area contributed by atoms with Crippen molar-refractivity contribution in [3.63, 3.8) is 0 Å². The summed E-state index contributed by atoms with van der Waals surface area (Å²) < 4.78 is 15.2. The molecule has 1 aromatic carbocycles. The maximum Gasteiger partial charge on any atom is 0.261 e. The molecule has 2 heterocycles. The number of nitrogens with zero attached hydrogens (tertiary/aromatic N) is 3. The molecular weight excluding hydrogens is 269 g/mol. The normalized spacial score (nSPS) is 19.4. The first-order chi connectivity index (χ1) is 10.2. The molecule has 0 spiro atoms. The Bertz CT molecular complexity index is 697. The second-order valence-corrected chi connectivity index (χ2v) is 5.79. The zero-order valence-corrected chi connectivity index (χ0v) is 12.3. The Balaban J connectivity index is 1.82. The van der Waals surface area contributed by atoms with Gasteiger partial charge in [-0.1, -0.05) is 13.0 Å². The van der Waals surface area contributed by atoms with Crippen LogP contribution in [-0.2, 0) is 6.54 Å². The van der Waals surface area contributed by atoms with Crippen LogP contribution in [-0.4, -0.2) is 34.1 Å². The zero-order chi connectivity index (χ0) is 14.8. The molecule has 1 saturated heterocycles. The Kier molecular flexibility index (Phi) is 4.01. The highest BCUT2D eigenvalue weighted by Crippen LogP contribution is 2.18. The lowest BCUT2D eigenvalue weighted by molar-refractivity contribution is 0.316. The van der Waals surface area contributed by atoms with Crippen LogP contribution in [0.1, 0.15) is 19.8 Å². The lowest BCUT2D eigenvalue weighted by Crippen LogP contribution is -2.27. The van der Waals surface area contributed by atoms with Gasteiger partial charge in [0.1, 0.15) is 11.3 Å². The van der Waals surface area contributed by atoms with Crippen LogP contribution in [0.2, 0.25) is 0 Å². The van der Waals surface area contributed by atoms with Crippen LogP contribution < -0.4 is 5.56 Å². The minimum Gasteiger partial charge on any atom is -0.303 e. The molecular formula is C16H20FN3O. The van der Waals surface area contributed by atoms with Crippen LogP contribution >= 0.6 is 0 Å². The molecule has 0 saturated carbocycles. The fourth-order valence-corrected chi connectivity index (χ4v) is 3.14. The molecule has 0 bridgehead atoms. The van der Waals surface area contributed by atoms with Crippen molar-refractivity contribution in [3.05, 3.63) is 40.7 Å². The Labute approximate surface area is 123 Å². The SMILES string of the molecule is CCCN1CC[C@H](Cn2cnc3c(F)cccc3c2=O)C1. The predicted octanol–water partition coefficient (Wildman–Crippen LogP) is 2.27. The average Bonchev–Trinajstić information content (AvgIpc) is 2.90. The number of rotatable bonds is 4. The highest BCUT2D eigenvalue weighted by atomic mass is 19.1. The summed E-state index contributed by atoms with van der Waals surface area (Å²) in [5.41, 5.74) is 0.0197. The molecule has 1 fully saturated rings. The van der Waals surface area contributed by atoms with Crippen molar-refractivity contribution in [1.82, 2.24) is 14.5 Å². The van der Waals surface area contributed by atoms with Crippen LogP contribution in [0.3, 0.4) is 0 Å². The van der Waals surface area contributed by atoms with Crippen LogP contribution in [0.4, 0.5) is 4.39 Å². The second-order valence-electron chi connectivity index (χ2n) is 5.79. The van der Waals surface area contributed by atoms with Gasteiger partial charge >= 0.3 is 0 Å². The Hall–Kier alpha value is -1.75. The van der Waals surface area contributed by atoms with Crippen molar-refractivity contribution in [3.8, 4) is 0 Å². The van der Waals surface area contributed by atoms with Gasteiger partial charge in [-0.2, -0.15) is 0 Å². The first-order valence-corrected chi connectivity index (χ1v) is 7.55. The van der Waals surface area contributed by atoms with E-state index in [2.05, 4.69) is 16.8 Å². The quantitative estimate of drug-likeness (QED) is 0.866. The van der Waals surface area contributed by atoms with E-state index in [0.717, 1.165) is 32.5 Å². The molecule has 5 heteroatoms. The fraction of sp³-hybridized carbons (Fsp3) is 0.500. The molecule has 4 nitrogen and oxygen atoms in total. The van der Waals surface area contributed by atoms with Crippen LogP contribution in [0.15, 0.2) is 29.3 Å². The number of likely N-dealkylation sites (tertiary alicyclic amines) is 1. The number of para-hydroxylation sites is 1. The summed E-state index contributed by atoms with van der Waals surface area (Å²) in [6.45, 7) is 6.09. The van der Waals surface area contributed by atoms with Crippen molar-refractivity contribution >= 4 is 10.9 Å². The van der Waals surface area contributed by atoms with Gasteiger partial charge in [0.25, 0.3) is 5.56 Å². The summed E-state index contributed by atoms with van der Waals surface area (Å²) in [6, 6.07) is 4.53. The first-order valence-electron chi connectivity index (χ1n) is 7.55. The van der Waals surface area contributed by atoms with E-state index in [-0.39, 0.29) is 11.1 Å². The molecule has 0 unspecified atom stereocenters. The van der Waals surface area contributed by atoms with Gasteiger partial charge in [0.15, 0.2) is 0 Å². The summed E-state index contributed by atoms with van der Waals surface area (Å²) >= 11 is 0. The van der Waals surface area contributed by atoms with E-state index in [9.17, 15) is 9.18 Å². The largest absolute Gasteiger partial charge is 0.303 e. The third kappa shape index (κ3) is 2.83. The number of aromatic nitrogens is 2. The van der Waals surface area contributed by atoms with Gasteiger partial charge in [0.2, 0.25) is 0 Å².